The van der Waals surface area contributed by atoms with Gasteiger partial charge in [0.1, 0.15) is 41.7 Å². The van der Waals surface area contributed by atoms with Crippen molar-refractivity contribution in [3.63, 3.8) is 0 Å². The molecule has 2 aromatic rings. The molecule has 0 amide bonds. The van der Waals surface area contributed by atoms with Gasteiger partial charge in [-0.1, -0.05) is 19.3 Å². The lowest BCUT2D eigenvalue weighted by Gasteiger charge is -2.40. The van der Waals surface area contributed by atoms with Gasteiger partial charge in [0.05, 0.1) is 31.5 Å². The van der Waals surface area contributed by atoms with E-state index in [2.05, 4.69) is 10.3 Å². The van der Waals surface area contributed by atoms with Gasteiger partial charge in [0, 0.05) is 41.9 Å². The number of carbonyl (C=O) groups is 2. The van der Waals surface area contributed by atoms with E-state index >= 15 is 0 Å². The number of nitrogens with two attached hydrogens (primary N) is 1. The number of nitrogens with one attached hydrogen (secondary N) is 1. The van der Waals surface area contributed by atoms with E-state index in [0.29, 0.717) is 11.1 Å². The number of ketones is 2. The number of aromatic hydroxyl groups is 1. The quantitative estimate of drug-likeness (QED) is 0.121. The van der Waals surface area contributed by atoms with E-state index in [0.717, 1.165) is 32.1 Å². The minimum atomic E-state index is -1.82. The first-order valence-electron chi connectivity index (χ1n) is 14.8. The number of hydrogen-bond acceptors (Lipinski definition) is 12. The Morgan fingerprint density at radius 2 is 1.69 bits per heavy atom. The van der Waals surface area contributed by atoms with Crippen molar-refractivity contribution in [2.75, 3.05) is 20.8 Å². The molecule has 5 atom stereocenters. The lowest BCUT2D eigenvalue weighted by atomic mass is 9.75. The van der Waals surface area contributed by atoms with E-state index in [-0.39, 0.29) is 57.7 Å². The van der Waals surface area contributed by atoms with Crippen molar-refractivity contribution in [1.29, 1.82) is 0 Å². The minimum absolute atomic E-state index is 0.00712. The van der Waals surface area contributed by atoms with Crippen molar-refractivity contribution >= 4 is 17.5 Å². The van der Waals surface area contributed by atoms with Gasteiger partial charge in [-0.05, 0) is 30.4 Å². The predicted molar refractivity (Wildman–Crippen MR) is 158 cm³/mol. The maximum absolute atomic E-state index is 14.3. The highest BCUT2D eigenvalue weighted by atomic mass is 16.7. The molecule has 1 heterocycles. The molecule has 1 saturated carbocycles. The number of rotatable bonds is 8. The number of aliphatic hydroxyl groups excluding tert-OH is 5. The number of benzene rings is 2. The second-order valence-corrected chi connectivity index (χ2v) is 11.4. The summed E-state index contributed by atoms with van der Waals surface area (Å²) >= 11 is 0. The first-order chi connectivity index (χ1) is 21.6. The van der Waals surface area contributed by atoms with Crippen molar-refractivity contribution in [3.8, 4) is 17.2 Å². The van der Waals surface area contributed by atoms with Crippen LogP contribution in [0, 0.1) is 0 Å². The van der Waals surface area contributed by atoms with Crippen LogP contribution in [0.25, 0.3) is 0 Å². The molecule has 1 aliphatic heterocycles. The lowest BCUT2D eigenvalue weighted by molar-refractivity contribution is -0.277. The fourth-order valence-electron chi connectivity index (χ4n) is 6.49. The number of methoxy groups -OCH3 is 1. The summed E-state index contributed by atoms with van der Waals surface area (Å²) in [6, 6.07) is 2.85. The molecule has 0 aromatic heterocycles. The molecule has 5 rings (SSSR count). The Morgan fingerprint density at radius 3 is 2.31 bits per heavy atom. The summed E-state index contributed by atoms with van der Waals surface area (Å²) in [5.74, 6) is -2.07. The van der Waals surface area contributed by atoms with Crippen LogP contribution >= 0.6 is 0 Å². The molecule has 14 nitrogen and oxygen atoms in total. The average molecular weight is 630 g/mol. The first kappa shape index (κ1) is 32.6. The second-order valence-electron chi connectivity index (χ2n) is 11.4. The zero-order valence-electron chi connectivity index (χ0n) is 25.0. The van der Waals surface area contributed by atoms with Crippen molar-refractivity contribution in [1.82, 2.24) is 5.32 Å². The predicted octanol–water partition coefficient (Wildman–Crippen LogP) is -0.0710. The normalized spacial score (nSPS) is 25.5. The molecule has 244 valence electrons. The van der Waals surface area contributed by atoms with E-state index in [9.17, 15) is 40.2 Å². The number of hydrogen-bond donors (Lipinski definition) is 8. The number of ether oxygens (including phenoxy) is 3. The zero-order chi connectivity index (χ0) is 32.6. The molecule has 0 unspecified atom stereocenters. The van der Waals surface area contributed by atoms with Crippen LogP contribution in [-0.4, -0.2) is 99.6 Å². The highest BCUT2D eigenvalue weighted by Crippen LogP contribution is 2.47. The van der Waals surface area contributed by atoms with Crippen LogP contribution in [0.3, 0.4) is 0 Å². The SMILES string of the molecule is CN=C(N)NCc1c(C2CCCCC2)cc2c(c1O)C(=O)c1c(O[C@@H]3O[C@H](CO)[C@@H](O)[C@H](O)[C@H]3O)cc(OC)c(CO)c1C2=O. The number of guanidine groups is 1. The number of aliphatic hydroxyl groups is 5. The van der Waals surface area contributed by atoms with Crippen LogP contribution in [0.2, 0.25) is 0 Å². The van der Waals surface area contributed by atoms with Gasteiger partial charge in [-0.15, -0.1) is 0 Å². The highest BCUT2D eigenvalue weighted by molar-refractivity contribution is 6.31. The monoisotopic (exact) mass is 629 g/mol. The van der Waals surface area contributed by atoms with Gasteiger partial charge in [-0.25, -0.2) is 0 Å². The van der Waals surface area contributed by atoms with Crippen molar-refractivity contribution in [2.45, 2.75) is 81.9 Å². The average Bonchev–Trinajstić information content (AvgIpc) is 3.05. The van der Waals surface area contributed by atoms with E-state index < -0.39 is 61.2 Å². The highest BCUT2D eigenvalue weighted by Gasteiger charge is 2.46. The third-order valence-electron chi connectivity index (χ3n) is 8.93. The Balaban J connectivity index is 1.68. The Bertz CT molecular complexity index is 1500. The number of carbonyl (C=O) groups excluding carboxylic acids is 2. The number of phenols is 1. The molecule has 9 N–H and O–H groups in total. The van der Waals surface area contributed by atoms with Crippen LogP contribution in [0.15, 0.2) is 17.1 Å². The Labute approximate surface area is 259 Å². The molecule has 2 fully saturated rings. The van der Waals surface area contributed by atoms with Crippen LogP contribution in [0.1, 0.15) is 86.6 Å². The molecule has 0 radical (unpaired) electrons. The molecule has 2 aromatic carbocycles. The van der Waals surface area contributed by atoms with Crippen molar-refractivity contribution < 1.29 is 54.4 Å². The summed E-state index contributed by atoms with van der Waals surface area (Å²) in [5.41, 5.74) is 6.11. The molecule has 2 aliphatic carbocycles. The zero-order valence-corrected chi connectivity index (χ0v) is 25.0. The Morgan fingerprint density at radius 1 is 0.978 bits per heavy atom. The van der Waals surface area contributed by atoms with E-state index in [1.54, 1.807) is 6.07 Å². The topological polar surface area (TPSA) is 234 Å². The maximum atomic E-state index is 14.3. The minimum Gasteiger partial charge on any atom is -0.507 e. The standard InChI is InChI=1S/C31H39N3O11/c1-33-31(32)34-10-16-14(13-6-4-3-5-7-13)8-15-22(25(16)38)27(40)23-19(9-18(43-2)17(11-35)21(23)24(15)37)44-30-29(42)28(41)26(39)20(12-36)45-30/h8-9,13,20,26,28-30,35-36,38-39,41-42H,3-7,10-12H2,1-2H3,(H3,32,33,34)/t20-,26-,28+,29-,30-/m1/s1. The van der Waals surface area contributed by atoms with Gasteiger partial charge in [-0.3, -0.25) is 14.6 Å². The van der Waals surface area contributed by atoms with Crippen molar-refractivity contribution in [2.24, 2.45) is 10.7 Å². The van der Waals surface area contributed by atoms with Crippen LogP contribution in [0.4, 0.5) is 0 Å². The molecule has 1 saturated heterocycles. The second kappa shape index (κ2) is 13.3. The van der Waals surface area contributed by atoms with Crippen LogP contribution in [-0.2, 0) is 17.9 Å². The third kappa shape index (κ3) is 5.73. The summed E-state index contributed by atoms with van der Waals surface area (Å²) in [6.45, 7) is -1.37. The fraction of sp³-hybridized carbons (Fsp3) is 0.516. The fourth-order valence-corrected chi connectivity index (χ4v) is 6.49. The van der Waals surface area contributed by atoms with Gasteiger partial charge in [0.25, 0.3) is 0 Å². The van der Waals surface area contributed by atoms with Gasteiger partial charge in [0.15, 0.2) is 11.7 Å². The number of phenolic OH excluding ortho intramolecular Hbond substituents is 1. The third-order valence-corrected chi connectivity index (χ3v) is 8.93. The summed E-state index contributed by atoms with van der Waals surface area (Å²) in [7, 11) is 2.79. The smallest absolute Gasteiger partial charge is 0.229 e. The van der Waals surface area contributed by atoms with E-state index in [4.69, 9.17) is 19.9 Å². The Kier molecular flexibility index (Phi) is 9.63. The van der Waals surface area contributed by atoms with Crippen LogP contribution < -0.4 is 20.5 Å². The van der Waals surface area contributed by atoms with Gasteiger partial charge in [0.2, 0.25) is 12.1 Å². The molecular weight excluding hydrogens is 590 g/mol. The van der Waals surface area contributed by atoms with Crippen molar-refractivity contribution in [3.05, 3.63) is 51.1 Å². The number of fused-ring (bicyclic) bond motifs is 2. The number of aliphatic imine (C=N–C) groups is 1. The largest absolute Gasteiger partial charge is 0.507 e. The Hall–Kier alpha value is -3.79. The lowest BCUT2D eigenvalue weighted by Crippen LogP contribution is -2.60. The summed E-state index contributed by atoms with van der Waals surface area (Å²) in [4.78, 5) is 32.5. The molecule has 0 bridgehead atoms. The van der Waals surface area contributed by atoms with Gasteiger partial charge < -0.3 is 55.9 Å². The summed E-state index contributed by atoms with van der Waals surface area (Å²) in [5, 5.41) is 65.7. The molecule has 0 spiro atoms. The maximum Gasteiger partial charge on any atom is 0.229 e. The van der Waals surface area contributed by atoms with E-state index in [1.165, 1.54) is 20.2 Å². The molecule has 45 heavy (non-hydrogen) atoms. The first-order valence-corrected chi connectivity index (χ1v) is 14.8. The molecular formula is C31H39N3O11. The van der Waals surface area contributed by atoms with E-state index in [1.807, 2.05) is 0 Å². The van der Waals surface area contributed by atoms with Crippen LogP contribution in [0.5, 0.6) is 17.2 Å². The number of nitrogens with zero attached hydrogens (tertiary/aromatic N) is 1. The molecule has 3 aliphatic rings. The summed E-state index contributed by atoms with van der Waals surface area (Å²) in [6.07, 6.45) is -3.60. The van der Waals surface area contributed by atoms with Gasteiger partial charge >= 0.3 is 0 Å². The van der Waals surface area contributed by atoms with Gasteiger partial charge in [-0.2, -0.15) is 0 Å². The molecule has 14 heteroatoms. The summed E-state index contributed by atoms with van der Waals surface area (Å²) < 4.78 is 16.8.